The summed E-state index contributed by atoms with van der Waals surface area (Å²) in [5, 5.41) is 9.55. The fourth-order valence-electron chi connectivity index (χ4n) is 2.65. The first-order valence-electron chi connectivity index (χ1n) is 6.81. The molecule has 1 aliphatic heterocycles. The number of fused-ring (bicyclic) bond motifs is 2. The monoisotopic (exact) mass is 288 g/mol. The third-order valence-corrected chi connectivity index (χ3v) is 3.83. The van der Waals surface area contributed by atoms with Gasteiger partial charge in [-0.3, -0.25) is 4.79 Å². The van der Waals surface area contributed by atoms with E-state index in [1.165, 1.54) is 6.20 Å². The normalized spacial score (nSPS) is 13.9. The molecule has 0 amide bonds. The van der Waals surface area contributed by atoms with Gasteiger partial charge in [0.05, 0.1) is 23.1 Å². The molecule has 3 rings (SSSR count). The number of aryl methyl sites for hydroxylation is 1. The molecule has 1 aliphatic rings. The van der Waals surface area contributed by atoms with Crippen LogP contribution in [0.25, 0.3) is 10.9 Å². The lowest BCUT2D eigenvalue weighted by atomic mass is 10.1. The Morgan fingerprint density at radius 1 is 1.43 bits per heavy atom. The van der Waals surface area contributed by atoms with E-state index in [0.29, 0.717) is 24.3 Å². The maximum atomic E-state index is 12.3. The van der Waals surface area contributed by atoms with Crippen molar-refractivity contribution in [1.29, 1.82) is 0 Å². The second-order valence-corrected chi connectivity index (χ2v) is 5.07. The van der Waals surface area contributed by atoms with E-state index in [1.807, 2.05) is 20.0 Å². The third-order valence-electron chi connectivity index (χ3n) is 3.83. The SMILES string of the molecule is CCn1cc(C(=O)O)c(=O)c2cc3c(cc21)N(C)CCO3. The summed E-state index contributed by atoms with van der Waals surface area (Å²) < 4.78 is 7.37. The van der Waals surface area contributed by atoms with Crippen LogP contribution in [0.4, 0.5) is 5.69 Å². The topological polar surface area (TPSA) is 71.8 Å². The van der Waals surface area contributed by atoms with E-state index in [2.05, 4.69) is 4.90 Å². The van der Waals surface area contributed by atoms with E-state index in [9.17, 15) is 14.7 Å². The van der Waals surface area contributed by atoms with E-state index in [1.54, 1.807) is 10.6 Å². The van der Waals surface area contributed by atoms with Gasteiger partial charge in [-0.1, -0.05) is 0 Å². The summed E-state index contributed by atoms with van der Waals surface area (Å²) >= 11 is 0. The molecular formula is C15H16N2O4. The van der Waals surface area contributed by atoms with Crippen molar-refractivity contribution in [1.82, 2.24) is 4.57 Å². The molecule has 0 spiro atoms. The first-order valence-corrected chi connectivity index (χ1v) is 6.81. The minimum atomic E-state index is -1.21. The Labute approximate surface area is 121 Å². The molecule has 0 unspecified atom stereocenters. The molecular weight excluding hydrogens is 272 g/mol. The lowest BCUT2D eigenvalue weighted by molar-refractivity contribution is 0.0695. The van der Waals surface area contributed by atoms with Crippen LogP contribution < -0.4 is 15.1 Å². The van der Waals surface area contributed by atoms with Crippen LogP contribution in [0.2, 0.25) is 0 Å². The van der Waals surface area contributed by atoms with Crippen LogP contribution in [-0.4, -0.2) is 35.8 Å². The number of nitrogens with zero attached hydrogens (tertiary/aromatic N) is 2. The maximum Gasteiger partial charge on any atom is 0.341 e. The number of carboxylic acid groups (broad SMARTS) is 1. The third kappa shape index (κ3) is 2.03. The highest BCUT2D eigenvalue weighted by molar-refractivity contribution is 5.94. The molecule has 0 radical (unpaired) electrons. The summed E-state index contributed by atoms with van der Waals surface area (Å²) in [5.41, 5.74) is 0.956. The van der Waals surface area contributed by atoms with Gasteiger partial charge in [0.1, 0.15) is 17.9 Å². The summed E-state index contributed by atoms with van der Waals surface area (Å²) in [4.78, 5) is 25.6. The Hall–Kier alpha value is -2.50. The van der Waals surface area contributed by atoms with Gasteiger partial charge in [0.15, 0.2) is 0 Å². The Morgan fingerprint density at radius 2 is 2.19 bits per heavy atom. The molecule has 0 fully saturated rings. The van der Waals surface area contributed by atoms with Gasteiger partial charge in [-0.15, -0.1) is 0 Å². The van der Waals surface area contributed by atoms with Crippen LogP contribution in [0, 0.1) is 0 Å². The number of rotatable bonds is 2. The Kier molecular flexibility index (Phi) is 3.08. The van der Waals surface area contributed by atoms with Gasteiger partial charge in [0.2, 0.25) is 5.43 Å². The number of hydrogen-bond acceptors (Lipinski definition) is 4. The van der Waals surface area contributed by atoms with Gasteiger partial charge >= 0.3 is 5.97 Å². The van der Waals surface area contributed by atoms with Crippen molar-refractivity contribution >= 4 is 22.6 Å². The van der Waals surface area contributed by atoms with Gasteiger partial charge in [-0.25, -0.2) is 4.79 Å². The Morgan fingerprint density at radius 3 is 2.86 bits per heavy atom. The van der Waals surface area contributed by atoms with Crippen molar-refractivity contribution < 1.29 is 14.6 Å². The summed E-state index contributed by atoms with van der Waals surface area (Å²) in [6.45, 7) is 3.83. The highest BCUT2D eigenvalue weighted by Crippen LogP contribution is 2.34. The zero-order chi connectivity index (χ0) is 15.1. The fourth-order valence-corrected chi connectivity index (χ4v) is 2.65. The van der Waals surface area contributed by atoms with Gasteiger partial charge in [0.25, 0.3) is 0 Å². The number of carboxylic acids is 1. The number of benzene rings is 1. The van der Waals surface area contributed by atoms with Gasteiger partial charge < -0.3 is 19.3 Å². The fraction of sp³-hybridized carbons (Fsp3) is 0.333. The van der Waals surface area contributed by atoms with Crippen molar-refractivity contribution in [3.05, 3.63) is 34.1 Å². The van der Waals surface area contributed by atoms with Gasteiger partial charge in [0, 0.05) is 19.8 Å². The summed E-state index contributed by atoms with van der Waals surface area (Å²) in [5.74, 6) is -0.585. The van der Waals surface area contributed by atoms with E-state index in [4.69, 9.17) is 4.74 Å². The number of hydrogen-bond donors (Lipinski definition) is 1. The molecule has 2 aromatic rings. The number of pyridine rings is 1. The summed E-state index contributed by atoms with van der Waals surface area (Å²) in [6, 6.07) is 3.54. The first-order chi connectivity index (χ1) is 10.0. The lowest BCUT2D eigenvalue weighted by Crippen LogP contribution is -2.29. The predicted molar refractivity (Wildman–Crippen MR) is 79.6 cm³/mol. The first kappa shape index (κ1) is 13.5. The quantitative estimate of drug-likeness (QED) is 0.907. The number of aromatic carboxylic acids is 1. The van der Waals surface area contributed by atoms with Crippen molar-refractivity contribution in [2.24, 2.45) is 0 Å². The van der Waals surface area contributed by atoms with E-state index in [-0.39, 0.29) is 5.56 Å². The predicted octanol–water partition coefficient (Wildman–Crippen LogP) is 1.55. The second-order valence-electron chi connectivity index (χ2n) is 5.07. The van der Waals surface area contributed by atoms with Crippen molar-refractivity contribution in [2.75, 3.05) is 25.1 Å². The van der Waals surface area contributed by atoms with Crippen molar-refractivity contribution in [2.45, 2.75) is 13.5 Å². The number of aromatic nitrogens is 1. The standard InChI is InChI=1S/C15H16N2O4/c1-3-17-8-10(15(19)20)14(18)9-6-13-12(7-11(9)17)16(2)4-5-21-13/h6-8H,3-5H2,1-2H3,(H,19,20). The largest absolute Gasteiger partial charge is 0.490 e. The number of carbonyl (C=O) groups is 1. The highest BCUT2D eigenvalue weighted by Gasteiger charge is 2.20. The Balaban J connectivity index is 2.39. The molecule has 0 saturated carbocycles. The molecule has 1 aromatic carbocycles. The molecule has 110 valence electrons. The van der Waals surface area contributed by atoms with Crippen LogP contribution in [0.5, 0.6) is 5.75 Å². The molecule has 1 aromatic heterocycles. The number of ether oxygens (including phenoxy) is 1. The molecule has 21 heavy (non-hydrogen) atoms. The zero-order valence-electron chi connectivity index (χ0n) is 11.9. The second kappa shape index (κ2) is 4.80. The smallest absolute Gasteiger partial charge is 0.341 e. The van der Waals surface area contributed by atoms with Crippen LogP contribution in [0.1, 0.15) is 17.3 Å². The minimum absolute atomic E-state index is 0.214. The highest BCUT2D eigenvalue weighted by atomic mass is 16.5. The molecule has 0 bridgehead atoms. The molecule has 0 atom stereocenters. The minimum Gasteiger partial charge on any atom is -0.490 e. The molecule has 6 heteroatoms. The molecule has 2 heterocycles. The van der Waals surface area contributed by atoms with E-state index >= 15 is 0 Å². The van der Waals surface area contributed by atoms with Crippen LogP contribution in [0.3, 0.4) is 0 Å². The molecule has 6 nitrogen and oxygen atoms in total. The number of likely N-dealkylation sites (N-methyl/N-ethyl adjacent to an activating group) is 1. The van der Waals surface area contributed by atoms with Crippen molar-refractivity contribution in [3.63, 3.8) is 0 Å². The zero-order valence-corrected chi connectivity index (χ0v) is 11.9. The van der Waals surface area contributed by atoms with Crippen molar-refractivity contribution in [3.8, 4) is 5.75 Å². The van der Waals surface area contributed by atoms with E-state index in [0.717, 1.165) is 17.7 Å². The van der Waals surface area contributed by atoms with Crippen LogP contribution >= 0.6 is 0 Å². The van der Waals surface area contributed by atoms with Gasteiger partial charge in [-0.2, -0.15) is 0 Å². The average molecular weight is 288 g/mol. The van der Waals surface area contributed by atoms with Crippen LogP contribution in [-0.2, 0) is 6.54 Å². The molecule has 0 aliphatic carbocycles. The lowest BCUT2D eigenvalue weighted by Gasteiger charge is -2.28. The van der Waals surface area contributed by atoms with E-state index < -0.39 is 11.4 Å². The number of anilines is 1. The molecule has 1 N–H and O–H groups in total. The summed E-state index contributed by atoms with van der Waals surface area (Å²) in [7, 11) is 1.97. The maximum absolute atomic E-state index is 12.3. The molecule has 0 saturated heterocycles. The van der Waals surface area contributed by atoms with Crippen LogP contribution in [0.15, 0.2) is 23.1 Å². The average Bonchev–Trinajstić information content (AvgIpc) is 2.47. The summed E-state index contributed by atoms with van der Waals surface area (Å²) in [6.07, 6.45) is 1.41. The Bertz CT molecular complexity index is 794. The van der Waals surface area contributed by atoms with Gasteiger partial charge in [-0.05, 0) is 19.1 Å².